The van der Waals surface area contributed by atoms with Crippen LogP contribution in [0.4, 0.5) is 0 Å². The van der Waals surface area contributed by atoms with Crippen LogP contribution in [0.25, 0.3) is 33.0 Å². The van der Waals surface area contributed by atoms with Crippen molar-refractivity contribution in [2.75, 3.05) is 0 Å². The van der Waals surface area contributed by atoms with Gasteiger partial charge in [0.1, 0.15) is 0 Å². The van der Waals surface area contributed by atoms with Crippen molar-refractivity contribution in [3.05, 3.63) is 95.0 Å². The highest BCUT2D eigenvalue weighted by Gasteiger charge is 2.11. The second-order valence-corrected chi connectivity index (χ2v) is 6.60. The molecule has 0 radical (unpaired) electrons. The third-order valence-corrected chi connectivity index (χ3v) is 4.72. The zero-order valence-electron chi connectivity index (χ0n) is 12.8. The van der Waals surface area contributed by atoms with E-state index in [-0.39, 0.29) is 0 Å². The van der Waals surface area contributed by atoms with Crippen molar-refractivity contribution in [1.82, 2.24) is 0 Å². The third kappa shape index (κ3) is 2.80. The molecular formula is C22H14Cl2. The monoisotopic (exact) mass is 348 g/mol. The van der Waals surface area contributed by atoms with E-state index < -0.39 is 0 Å². The third-order valence-electron chi connectivity index (χ3n) is 4.22. The Hall–Kier alpha value is -2.28. The van der Waals surface area contributed by atoms with Crippen molar-refractivity contribution in [2.45, 2.75) is 0 Å². The molecule has 0 atom stereocenters. The Kier molecular flexibility index (Phi) is 4.02. The van der Waals surface area contributed by atoms with Crippen LogP contribution in [-0.2, 0) is 0 Å². The van der Waals surface area contributed by atoms with E-state index in [4.69, 9.17) is 23.2 Å². The molecule has 2 heteroatoms. The Morgan fingerprint density at radius 3 is 1.75 bits per heavy atom. The molecule has 4 aromatic carbocycles. The van der Waals surface area contributed by atoms with Gasteiger partial charge in [-0.05, 0) is 57.3 Å². The minimum atomic E-state index is 0.743. The van der Waals surface area contributed by atoms with Gasteiger partial charge in [-0.1, -0.05) is 83.9 Å². The highest BCUT2D eigenvalue weighted by atomic mass is 35.5. The summed E-state index contributed by atoms with van der Waals surface area (Å²) in [5.74, 6) is 0. The predicted octanol–water partition coefficient (Wildman–Crippen LogP) is 7.48. The molecule has 0 heterocycles. The van der Waals surface area contributed by atoms with Crippen molar-refractivity contribution in [3.8, 4) is 22.3 Å². The lowest BCUT2D eigenvalue weighted by Crippen LogP contribution is -1.88. The maximum atomic E-state index is 6.08. The van der Waals surface area contributed by atoms with Crippen LogP contribution in [0.1, 0.15) is 0 Å². The molecule has 0 aliphatic carbocycles. The van der Waals surface area contributed by atoms with Crippen molar-refractivity contribution < 1.29 is 0 Å². The summed E-state index contributed by atoms with van der Waals surface area (Å²) in [6.45, 7) is 0. The van der Waals surface area contributed by atoms with Crippen molar-refractivity contribution >= 4 is 34.0 Å². The zero-order chi connectivity index (χ0) is 16.5. The van der Waals surface area contributed by atoms with Crippen molar-refractivity contribution in [1.29, 1.82) is 0 Å². The molecule has 0 spiro atoms. The van der Waals surface area contributed by atoms with Gasteiger partial charge in [0.15, 0.2) is 0 Å². The molecule has 0 bridgehead atoms. The van der Waals surface area contributed by atoms with E-state index in [1.54, 1.807) is 0 Å². The van der Waals surface area contributed by atoms with E-state index >= 15 is 0 Å². The first kappa shape index (κ1) is 15.3. The highest BCUT2D eigenvalue weighted by Crippen LogP contribution is 2.38. The van der Waals surface area contributed by atoms with Gasteiger partial charge in [0.05, 0.1) is 0 Å². The molecule has 0 amide bonds. The Labute approximate surface area is 151 Å². The van der Waals surface area contributed by atoms with Gasteiger partial charge in [0.2, 0.25) is 0 Å². The average molecular weight is 349 g/mol. The van der Waals surface area contributed by atoms with E-state index in [9.17, 15) is 0 Å². The van der Waals surface area contributed by atoms with Crippen LogP contribution in [0, 0.1) is 0 Å². The van der Waals surface area contributed by atoms with Crippen LogP contribution < -0.4 is 0 Å². The normalized spacial score (nSPS) is 10.9. The molecule has 0 aliphatic rings. The minimum Gasteiger partial charge on any atom is -0.0843 e. The number of hydrogen-bond acceptors (Lipinski definition) is 0. The molecule has 4 aromatic rings. The van der Waals surface area contributed by atoms with E-state index in [2.05, 4.69) is 60.7 Å². The number of halogens is 2. The quantitative estimate of drug-likeness (QED) is 0.352. The Morgan fingerprint density at radius 1 is 0.500 bits per heavy atom. The standard InChI is InChI=1S/C22H14Cl2/c23-18-10-5-16(6-11-18)21-14-9-15-3-1-2-4-20(15)22(21)17-7-12-19(24)13-8-17/h1-14H. The lowest BCUT2D eigenvalue weighted by molar-refractivity contribution is 1.61. The van der Waals surface area contributed by atoms with Gasteiger partial charge in [0, 0.05) is 10.0 Å². The summed E-state index contributed by atoms with van der Waals surface area (Å²) in [4.78, 5) is 0. The Morgan fingerprint density at radius 2 is 1.08 bits per heavy atom. The molecule has 0 nitrogen and oxygen atoms in total. The first-order valence-electron chi connectivity index (χ1n) is 7.76. The lowest BCUT2D eigenvalue weighted by atomic mass is 9.90. The van der Waals surface area contributed by atoms with Gasteiger partial charge in [-0.3, -0.25) is 0 Å². The summed E-state index contributed by atoms with van der Waals surface area (Å²) in [5.41, 5.74) is 4.70. The van der Waals surface area contributed by atoms with E-state index in [1.165, 1.54) is 21.9 Å². The topological polar surface area (TPSA) is 0 Å². The maximum Gasteiger partial charge on any atom is 0.0406 e. The summed E-state index contributed by atoms with van der Waals surface area (Å²) in [6, 6.07) is 28.8. The predicted molar refractivity (Wildman–Crippen MR) is 105 cm³/mol. The molecule has 0 saturated heterocycles. The number of fused-ring (bicyclic) bond motifs is 1. The molecule has 0 aliphatic heterocycles. The molecule has 0 saturated carbocycles. The molecule has 0 aromatic heterocycles. The first-order valence-corrected chi connectivity index (χ1v) is 8.51. The van der Waals surface area contributed by atoms with Crippen LogP contribution in [0.5, 0.6) is 0 Å². The SMILES string of the molecule is Clc1ccc(-c2ccc3ccccc3c2-c2ccc(Cl)cc2)cc1. The molecule has 0 fully saturated rings. The summed E-state index contributed by atoms with van der Waals surface area (Å²) in [7, 11) is 0. The Bertz CT molecular complexity index is 1000. The van der Waals surface area contributed by atoms with E-state index in [0.717, 1.165) is 21.2 Å². The van der Waals surface area contributed by atoms with Gasteiger partial charge in [-0.2, -0.15) is 0 Å². The molecule has 4 rings (SSSR count). The van der Waals surface area contributed by atoms with E-state index in [1.807, 2.05) is 24.3 Å². The van der Waals surface area contributed by atoms with Crippen molar-refractivity contribution in [3.63, 3.8) is 0 Å². The van der Waals surface area contributed by atoms with Gasteiger partial charge in [-0.15, -0.1) is 0 Å². The summed E-state index contributed by atoms with van der Waals surface area (Å²) in [5, 5.41) is 3.94. The first-order chi connectivity index (χ1) is 11.7. The number of rotatable bonds is 2. The van der Waals surface area contributed by atoms with Crippen LogP contribution in [0.3, 0.4) is 0 Å². The average Bonchev–Trinajstić information content (AvgIpc) is 2.62. The largest absolute Gasteiger partial charge is 0.0843 e. The minimum absolute atomic E-state index is 0.743. The van der Waals surface area contributed by atoms with Gasteiger partial charge < -0.3 is 0 Å². The fourth-order valence-corrected chi connectivity index (χ4v) is 3.32. The van der Waals surface area contributed by atoms with Crippen LogP contribution in [0.15, 0.2) is 84.9 Å². The molecule has 116 valence electrons. The highest BCUT2D eigenvalue weighted by molar-refractivity contribution is 6.31. The van der Waals surface area contributed by atoms with Gasteiger partial charge in [0.25, 0.3) is 0 Å². The zero-order valence-corrected chi connectivity index (χ0v) is 14.4. The lowest BCUT2D eigenvalue weighted by Gasteiger charge is -2.14. The summed E-state index contributed by atoms with van der Waals surface area (Å²) >= 11 is 12.1. The Balaban J connectivity index is 2.04. The number of benzene rings is 4. The maximum absolute atomic E-state index is 6.08. The second kappa shape index (κ2) is 6.32. The smallest absolute Gasteiger partial charge is 0.0406 e. The second-order valence-electron chi connectivity index (χ2n) is 5.72. The van der Waals surface area contributed by atoms with Crippen LogP contribution in [-0.4, -0.2) is 0 Å². The van der Waals surface area contributed by atoms with Gasteiger partial charge >= 0.3 is 0 Å². The molecule has 0 unspecified atom stereocenters. The number of hydrogen-bond donors (Lipinski definition) is 0. The van der Waals surface area contributed by atoms with Crippen LogP contribution in [0.2, 0.25) is 10.0 Å². The van der Waals surface area contributed by atoms with E-state index in [0.29, 0.717) is 0 Å². The molecule has 0 N–H and O–H groups in total. The van der Waals surface area contributed by atoms with Crippen LogP contribution >= 0.6 is 23.2 Å². The van der Waals surface area contributed by atoms with Crippen molar-refractivity contribution in [2.24, 2.45) is 0 Å². The fourth-order valence-electron chi connectivity index (χ4n) is 3.07. The fraction of sp³-hybridized carbons (Fsp3) is 0. The van der Waals surface area contributed by atoms with Gasteiger partial charge in [-0.25, -0.2) is 0 Å². The summed E-state index contributed by atoms with van der Waals surface area (Å²) in [6.07, 6.45) is 0. The molecular weight excluding hydrogens is 335 g/mol. The molecule has 24 heavy (non-hydrogen) atoms. The summed E-state index contributed by atoms with van der Waals surface area (Å²) < 4.78 is 0.